The molecule has 0 saturated heterocycles. The van der Waals surface area contributed by atoms with Crippen molar-refractivity contribution in [3.05, 3.63) is 94.7 Å². The molecule has 0 bridgehead atoms. The molecule has 0 saturated carbocycles. The van der Waals surface area contributed by atoms with Gasteiger partial charge in [0.25, 0.3) is 0 Å². The Morgan fingerprint density at radius 3 is 2.30 bits per heavy atom. The first-order valence-corrected chi connectivity index (χ1v) is 13.5. The zero-order valence-corrected chi connectivity index (χ0v) is 23.7. The van der Waals surface area contributed by atoms with Crippen LogP contribution in [0.3, 0.4) is 0 Å². The fourth-order valence-electron chi connectivity index (χ4n) is 3.07. The molecule has 0 fully saturated rings. The summed E-state index contributed by atoms with van der Waals surface area (Å²) in [5.74, 6) is -0.0361. The van der Waals surface area contributed by atoms with Gasteiger partial charge >= 0.3 is 0 Å². The van der Waals surface area contributed by atoms with Gasteiger partial charge in [-0.3, -0.25) is 14.6 Å². The molecule has 198 valence electrons. The lowest BCUT2D eigenvalue weighted by Crippen LogP contribution is -2.39. The lowest BCUT2D eigenvalue weighted by molar-refractivity contribution is -0.121. The maximum absolute atomic E-state index is 11.5. The maximum Gasteiger partial charge on any atom is 0.221 e. The molecule has 3 rings (SSSR count). The number of carbonyl (C=O) groups excluding carboxylic acids is 2. The number of aliphatic imine (C=N–C) groups is 1. The van der Waals surface area contributed by atoms with Crippen LogP contribution in [0.5, 0.6) is 0 Å². The predicted molar refractivity (Wildman–Crippen MR) is 159 cm³/mol. The summed E-state index contributed by atoms with van der Waals surface area (Å²) in [4.78, 5) is 26.9. The van der Waals surface area contributed by atoms with Gasteiger partial charge in [-0.05, 0) is 31.1 Å². The number of allylic oxidation sites excluding steroid dienone is 3. The fourth-order valence-corrected chi connectivity index (χ4v) is 4.29. The first-order valence-electron chi connectivity index (χ1n) is 12.1. The molecule has 3 N–H and O–H groups in total. The standard InChI is InChI=1S/C14H19ClN4O2S.C13H12.C2H6/c1-4-12(21)19-14-18-10(3)13(22-14)11(6-16-7-15)5-9(2)17-8-20;1-11-7-9-13(10-8-11)12-5-3-2-4-6-12;1-2/h5-6,8,14,18H,2,4,7H2,1,3H3,(H,17,20)(H,19,21);2-10H,1H3;1-2H3/b11-5+,16-6-;;. The van der Waals surface area contributed by atoms with E-state index in [1.165, 1.54) is 28.5 Å². The molecular weight excluding hydrogens is 504 g/mol. The molecule has 1 heterocycles. The first kappa shape index (κ1) is 31.7. The van der Waals surface area contributed by atoms with Crippen LogP contribution in [0.25, 0.3) is 11.1 Å². The summed E-state index contributed by atoms with van der Waals surface area (Å²) in [5, 5.41) is 8.52. The second-order valence-electron chi connectivity index (χ2n) is 7.57. The Morgan fingerprint density at radius 1 is 1.11 bits per heavy atom. The van der Waals surface area contributed by atoms with Crippen molar-refractivity contribution in [1.29, 1.82) is 0 Å². The van der Waals surface area contributed by atoms with Gasteiger partial charge < -0.3 is 16.0 Å². The summed E-state index contributed by atoms with van der Waals surface area (Å²) in [7, 11) is 0. The highest BCUT2D eigenvalue weighted by molar-refractivity contribution is 8.04. The molecule has 0 aliphatic carbocycles. The lowest BCUT2D eigenvalue weighted by atomic mass is 10.0. The Hall–Kier alpha value is -3.29. The summed E-state index contributed by atoms with van der Waals surface area (Å²) >= 11 is 7.05. The summed E-state index contributed by atoms with van der Waals surface area (Å²) in [5.41, 5.74) is 5.73. The quantitative estimate of drug-likeness (QED) is 0.111. The van der Waals surface area contributed by atoms with Crippen LogP contribution < -0.4 is 16.0 Å². The van der Waals surface area contributed by atoms with Crippen LogP contribution in [-0.2, 0) is 9.59 Å². The average molecular weight is 541 g/mol. The van der Waals surface area contributed by atoms with Gasteiger partial charge in [0.05, 0.1) is 0 Å². The molecule has 8 heteroatoms. The molecule has 0 radical (unpaired) electrons. The largest absolute Gasteiger partial charge is 0.359 e. The van der Waals surface area contributed by atoms with Gasteiger partial charge in [-0.1, -0.05) is 99.3 Å². The number of nitrogens with one attached hydrogen (secondary N) is 3. The van der Waals surface area contributed by atoms with E-state index in [2.05, 4.69) is 83.0 Å². The summed E-state index contributed by atoms with van der Waals surface area (Å²) in [6.45, 7) is 13.5. The first-order chi connectivity index (χ1) is 17.9. The molecule has 1 unspecified atom stereocenters. The third-order valence-corrected chi connectivity index (χ3v) is 6.22. The number of nitrogens with zero attached hydrogens (tertiary/aromatic N) is 1. The Kier molecular flexibility index (Phi) is 15.5. The second kappa shape index (κ2) is 18.0. The fraction of sp³-hybridized carbons (Fsp3) is 0.276. The van der Waals surface area contributed by atoms with Crippen molar-refractivity contribution in [2.75, 3.05) is 6.00 Å². The van der Waals surface area contributed by atoms with E-state index < -0.39 is 0 Å². The van der Waals surface area contributed by atoms with Crippen molar-refractivity contribution in [1.82, 2.24) is 16.0 Å². The van der Waals surface area contributed by atoms with E-state index >= 15 is 0 Å². The molecule has 1 aliphatic heterocycles. The van der Waals surface area contributed by atoms with E-state index in [9.17, 15) is 9.59 Å². The number of aryl methyl sites for hydroxylation is 1. The molecule has 2 aromatic carbocycles. The van der Waals surface area contributed by atoms with Gasteiger partial charge in [0.1, 0.15) is 6.00 Å². The number of hydrogen-bond donors (Lipinski definition) is 3. The number of alkyl halides is 1. The van der Waals surface area contributed by atoms with Gasteiger partial charge in [-0.25, -0.2) is 0 Å². The second-order valence-corrected chi connectivity index (χ2v) is 8.92. The van der Waals surface area contributed by atoms with Crippen LogP contribution in [0, 0.1) is 6.92 Å². The van der Waals surface area contributed by atoms with Crippen LogP contribution in [-0.4, -0.2) is 30.0 Å². The highest BCUT2D eigenvalue weighted by Crippen LogP contribution is 2.34. The van der Waals surface area contributed by atoms with E-state index in [4.69, 9.17) is 11.6 Å². The highest BCUT2D eigenvalue weighted by atomic mass is 35.5. The average Bonchev–Trinajstić information content (AvgIpc) is 3.28. The third kappa shape index (κ3) is 11.5. The molecule has 1 aliphatic rings. The molecule has 1 atom stereocenters. The topological polar surface area (TPSA) is 82.6 Å². The van der Waals surface area contributed by atoms with E-state index in [0.717, 1.165) is 16.2 Å². The van der Waals surface area contributed by atoms with Gasteiger partial charge in [-0.15, -0.1) is 11.6 Å². The van der Waals surface area contributed by atoms with Crippen LogP contribution >= 0.6 is 23.4 Å². The van der Waals surface area contributed by atoms with Crippen LogP contribution in [0.2, 0.25) is 0 Å². The number of rotatable bonds is 9. The van der Waals surface area contributed by atoms with Crippen molar-refractivity contribution < 1.29 is 9.59 Å². The molecule has 6 nitrogen and oxygen atoms in total. The Morgan fingerprint density at radius 2 is 1.73 bits per heavy atom. The zero-order chi connectivity index (χ0) is 27.6. The minimum Gasteiger partial charge on any atom is -0.359 e. The Bertz CT molecular complexity index is 1100. The minimum atomic E-state index is -0.234. The van der Waals surface area contributed by atoms with Crippen molar-refractivity contribution in [3.63, 3.8) is 0 Å². The van der Waals surface area contributed by atoms with E-state index in [1.807, 2.05) is 26.8 Å². The SMILES string of the molecule is C=C(/C=C(\C=N/CCl)C1=C(C)NC(NC(=O)CC)S1)NC=O.CC.Cc1ccc(-c2ccccc2)cc1. The Labute approximate surface area is 230 Å². The zero-order valence-electron chi connectivity index (χ0n) is 22.2. The van der Waals surface area contributed by atoms with Crippen LogP contribution in [0.1, 0.15) is 39.7 Å². The van der Waals surface area contributed by atoms with Crippen molar-refractivity contribution in [2.45, 2.75) is 46.5 Å². The molecule has 37 heavy (non-hydrogen) atoms. The number of thioether (sulfide) groups is 1. The van der Waals surface area contributed by atoms with Gasteiger partial charge in [0.15, 0.2) is 5.50 Å². The van der Waals surface area contributed by atoms with Crippen molar-refractivity contribution in [2.24, 2.45) is 4.99 Å². The number of amides is 2. The number of carbonyl (C=O) groups is 2. The molecule has 0 aromatic heterocycles. The summed E-state index contributed by atoms with van der Waals surface area (Å²) in [6.07, 6.45) is 4.29. The van der Waals surface area contributed by atoms with Crippen LogP contribution in [0.15, 0.2) is 94.1 Å². The summed E-state index contributed by atoms with van der Waals surface area (Å²) in [6, 6.07) is 19.2. The highest BCUT2D eigenvalue weighted by Gasteiger charge is 2.24. The normalized spacial score (nSPS) is 14.5. The van der Waals surface area contributed by atoms with Gasteiger partial charge in [-0.2, -0.15) is 0 Å². The minimum absolute atomic E-state index is 0.0361. The van der Waals surface area contributed by atoms with E-state index in [-0.39, 0.29) is 17.4 Å². The number of benzene rings is 2. The molecule has 2 amide bonds. The van der Waals surface area contributed by atoms with Crippen LogP contribution in [0.4, 0.5) is 0 Å². The van der Waals surface area contributed by atoms with E-state index in [0.29, 0.717) is 18.5 Å². The lowest BCUT2D eigenvalue weighted by Gasteiger charge is -2.12. The maximum atomic E-state index is 11.5. The summed E-state index contributed by atoms with van der Waals surface area (Å²) < 4.78 is 0. The smallest absolute Gasteiger partial charge is 0.221 e. The van der Waals surface area contributed by atoms with Gasteiger partial charge in [0.2, 0.25) is 12.3 Å². The predicted octanol–water partition coefficient (Wildman–Crippen LogP) is 6.51. The van der Waals surface area contributed by atoms with Gasteiger partial charge in [0, 0.05) is 34.5 Å². The van der Waals surface area contributed by atoms with E-state index in [1.54, 1.807) is 19.2 Å². The third-order valence-electron chi connectivity index (χ3n) is 4.83. The number of hydrogen-bond acceptors (Lipinski definition) is 5. The molecule has 2 aromatic rings. The molecular formula is C29H37ClN4O2S. The Balaban J connectivity index is 0.000000385. The van der Waals surface area contributed by atoms with Crippen molar-refractivity contribution in [3.8, 4) is 11.1 Å². The molecule has 0 spiro atoms. The number of halogens is 1. The van der Waals surface area contributed by atoms with Crippen molar-refractivity contribution >= 4 is 41.9 Å². The monoisotopic (exact) mass is 540 g/mol.